The smallest absolute Gasteiger partial charge is 0.191 e. The van der Waals surface area contributed by atoms with Crippen LogP contribution in [-0.2, 0) is 6.54 Å². The number of hydrogen-bond donors (Lipinski definition) is 2. The monoisotopic (exact) mass is 448 g/mol. The molecule has 1 saturated carbocycles. The first-order chi connectivity index (χ1) is 11.2. The van der Waals surface area contributed by atoms with Gasteiger partial charge in [-0.1, -0.05) is 25.9 Å². The summed E-state index contributed by atoms with van der Waals surface area (Å²) < 4.78 is 5.45. The second-order valence-corrected chi connectivity index (χ2v) is 6.76. The highest BCUT2D eigenvalue weighted by Gasteiger charge is 2.19. The number of aromatic nitrogens is 1. The fourth-order valence-electron chi connectivity index (χ4n) is 3.27. The molecule has 2 rings (SSSR count). The largest absolute Gasteiger partial charge is 0.359 e. The third-order valence-electron chi connectivity index (χ3n) is 4.99. The number of hydrogen-bond acceptors (Lipinski definition) is 3. The highest BCUT2D eigenvalue weighted by molar-refractivity contribution is 14.0. The van der Waals surface area contributed by atoms with Crippen LogP contribution >= 0.6 is 24.0 Å². The fourth-order valence-corrected chi connectivity index (χ4v) is 3.27. The molecule has 1 fully saturated rings. The first-order valence-corrected chi connectivity index (χ1v) is 9.08. The van der Waals surface area contributed by atoms with Crippen LogP contribution in [0.4, 0.5) is 0 Å². The standard InChI is InChI=1S/C18H32N4O.HI/c1-5-14(6-2)17-11-16(23-22-17)12-20-18(19-4)21-15-9-7-13(3)8-10-15;/h11,13-15H,5-10,12H2,1-4H3,(H2,19,20,21);1H. The molecule has 1 heterocycles. The molecule has 0 atom stereocenters. The normalized spacial score (nSPS) is 21.5. The van der Waals surface area contributed by atoms with Crippen LogP contribution in [-0.4, -0.2) is 24.2 Å². The van der Waals surface area contributed by atoms with E-state index in [4.69, 9.17) is 4.52 Å². The molecule has 6 heteroatoms. The van der Waals surface area contributed by atoms with Crippen LogP contribution in [0.1, 0.15) is 76.7 Å². The number of nitrogens with zero attached hydrogens (tertiary/aromatic N) is 2. The zero-order valence-electron chi connectivity index (χ0n) is 15.5. The van der Waals surface area contributed by atoms with Gasteiger partial charge in [0, 0.05) is 25.1 Å². The van der Waals surface area contributed by atoms with Gasteiger partial charge in [-0.05, 0) is 44.4 Å². The molecular formula is C18H33IN4O. The van der Waals surface area contributed by atoms with E-state index < -0.39 is 0 Å². The van der Waals surface area contributed by atoms with Crippen LogP contribution in [0, 0.1) is 5.92 Å². The van der Waals surface area contributed by atoms with Crippen LogP contribution in [0.25, 0.3) is 0 Å². The summed E-state index contributed by atoms with van der Waals surface area (Å²) in [5, 5.41) is 11.1. The summed E-state index contributed by atoms with van der Waals surface area (Å²) >= 11 is 0. The maximum absolute atomic E-state index is 5.45. The van der Waals surface area contributed by atoms with Crippen LogP contribution in [0.2, 0.25) is 0 Å². The first-order valence-electron chi connectivity index (χ1n) is 9.08. The lowest BCUT2D eigenvalue weighted by molar-refractivity contribution is 0.328. The molecule has 0 unspecified atom stereocenters. The Morgan fingerprint density at radius 1 is 1.29 bits per heavy atom. The number of rotatable bonds is 6. The summed E-state index contributed by atoms with van der Waals surface area (Å²) in [7, 11) is 1.82. The third kappa shape index (κ3) is 6.26. The lowest BCUT2D eigenvalue weighted by Gasteiger charge is -2.28. The minimum atomic E-state index is 0. The molecule has 5 nitrogen and oxygen atoms in total. The molecule has 24 heavy (non-hydrogen) atoms. The van der Waals surface area contributed by atoms with Crippen molar-refractivity contribution in [2.24, 2.45) is 10.9 Å². The van der Waals surface area contributed by atoms with Crippen molar-refractivity contribution in [3.8, 4) is 0 Å². The van der Waals surface area contributed by atoms with Crippen LogP contribution in [0.15, 0.2) is 15.6 Å². The third-order valence-corrected chi connectivity index (χ3v) is 4.99. The average molecular weight is 448 g/mol. The predicted molar refractivity (Wildman–Crippen MR) is 110 cm³/mol. The van der Waals surface area contributed by atoms with Crippen molar-refractivity contribution in [2.45, 2.75) is 77.8 Å². The minimum Gasteiger partial charge on any atom is -0.359 e. The van der Waals surface area contributed by atoms with E-state index >= 15 is 0 Å². The van der Waals surface area contributed by atoms with E-state index in [2.05, 4.69) is 47.6 Å². The SMILES string of the molecule is CCC(CC)c1cc(CNC(=NC)NC2CCC(C)CC2)on1.I. The summed E-state index contributed by atoms with van der Waals surface area (Å²) in [5.41, 5.74) is 1.07. The Labute approximate surface area is 163 Å². The molecule has 1 aromatic rings. The summed E-state index contributed by atoms with van der Waals surface area (Å²) in [6, 6.07) is 2.60. The van der Waals surface area contributed by atoms with Crippen molar-refractivity contribution >= 4 is 29.9 Å². The summed E-state index contributed by atoms with van der Waals surface area (Å²) in [4.78, 5) is 4.32. The molecule has 138 valence electrons. The maximum atomic E-state index is 5.45. The van der Waals surface area contributed by atoms with Crippen molar-refractivity contribution in [3.05, 3.63) is 17.5 Å². The highest BCUT2D eigenvalue weighted by Crippen LogP contribution is 2.24. The second-order valence-electron chi connectivity index (χ2n) is 6.76. The zero-order valence-corrected chi connectivity index (χ0v) is 17.8. The van der Waals surface area contributed by atoms with Gasteiger partial charge in [0.15, 0.2) is 11.7 Å². The van der Waals surface area contributed by atoms with E-state index in [0.717, 1.165) is 36.2 Å². The molecule has 0 bridgehead atoms. The second kappa shape index (κ2) is 10.9. The Hall–Kier alpha value is -0.790. The molecule has 1 aliphatic rings. The van der Waals surface area contributed by atoms with Crippen LogP contribution in [0.5, 0.6) is 0 Å². The van der Waals surface area contributed by atoms with Gasteiger partial charge in [0.05, 0.1) is 12.2 Å². The molecule has 2 N–H and O–H groups in total. The molecule has 0 aliphatic heterocycles. The van der Waals surface area contributed by atoms with Gasteiger partial charge in [-0.25, -0.2) is 0 Å². The molecule has 0 spiro atoms. The van der Waals surface area contributed by atoms with E-state index in [9.17, 15) is 0 Å². The quantitative estimate of drug-likeness (QED) is 0.384. The van der Waals surface area contributed by atoms with Crippen LogP contribution in [0.3, 0.4) is 0 Å². The fraction of sp³-hybridized carbons (Fsp3) is 0.778. The highest BCUT2D eigenvalue weighted by atomic mass is 127. The number of aliphatic imine (C=N–C) groups is 1. The Balaban J connectivity index is 0.00000288. The molecular weight excluding hydrogens is 415 g/mol. The van der Waals surface area contributed by atoms with Gasteiger partial charge in [0.25, 0.3) is 0 Å². The van der Waals surface area contributed by atoms with E-state index in [1.807, 2.05) is 7.05 Å². The number of halogens is 1. The molecule has 0 amide bonds. The van der Waals surface area contributed by atoms with E-state index in [0.29, 0.717) is 18.5 Å². The van der Waals surface area contributed by atoms with Gasteiger partial charge in [-0.3, -0.25) is 4.99 Å². The molecule has 0 saturated heterocycles. The molecule has 1 aliphatic carbocycles. The van der Waals surface area contributed by atoms with Crippen molar-refractivity contribution in [2.75, 3.05) is 7.05 Å². The summed E-state index contributed by atoms with van der Waals surface area (Å²) in [6.45, 7) is 7.34. The number of guanidine groups is 1. The Bertz CT molecular complexity index is 491. The lowest BCUT2D eigenvalue weighted by Crippen LogP contribution is -2.44. The molecule has 1 aromatic heterocycles. The van der Waals surface area contributed by atoms with E-state index in [1.54, 1.807) is 0 Å². The maximum Gasteiger partial charge on any atom is 0.191 e. The van der Waals surface area contributed by atoms with Crippen molar-refractivity contribution in [1.29, 1.82) is 0 Å². The van der Waals surface area contributed by atoms with Gasteiger partial charge in [-0.2, -0.15) is 0 Å². The Kier molecular flexibility index (Phi) is 9.69. The predicted octanol–water partition coefficient (Wildman–Crippen LogP) is 4.44. The topological polar surface area (TPSA) is 62.5 Å². The summed E-state index contributed by atoms with van der Waals surface area (Å²) in [5.74, 6) is 3.08. The van der Waals surface area contributed by atoms with Gasteiger partial charge in [-0.15, -0.1) is 24.0 Å². The van der Waals surface area contributed by atoms with Crippen molar-refractivity contribution in [1.82, 2.24) is 15.8 Å². The van der Waals surface area contributed by atoms with E-state index in [1.165, 1.54) is 25.7 Å². The first kappa shape index (κ1) is 21.3. The minimum absolute atomic E-state index is 0. The van der Waals surface area contributed by atoms with Gasteiger partial charge in [0.1, 0.15) is 0 Å². The average Bonchev–Trinajstić information content (AvgIpc) is 3.03. The Morgan fingerprint density at radius 2 is 1.96 bits per heavy atom. The van der Waals surface area contributed by atoms with Gasteiger partial charge >= 0.3 is 0 Å². The van der Waals surface area contributed by atoms with Crippen molar-refractivity contribution in [3.63, 3.8) is 0 Å². The Morgan fingerprint density at radius 3 is 2.54 bits per heavy atom. The van der Waals surface area contributed by atoms with Gasteiger partial charge < -0.3 is 15.2 Å². The van der Waals surface area contributed by atoms with Gasteiger partial charge in [0.2, 0.25) is 0 Å². The van der Waals surface area contributed by atoms with Crippen LogP contribution < -0.4 is 10.6 Å². The number of nitrogens with one attached hydrogen (secondary N) is 2. The molecule has 0 aromatic carbocycles. The van der Waals surface area contributed by atoms with Crippen molar-refractivity contribution < 1.29 is 4.52 Å². The lowest BCUT2D eigenvalue weighted by atomic mass is 9.87. The molecule has 0 radical (unpaired) electrons. The zero-order chi connectivity index (χ0) is 16.7. The van der Waals surface area contributed by atoms with E-state index in [-0.39, 0.29) is 24.0 Å². The summed E-state index contributed by atoms with van der Waals surface area (Å²) in [6.07, 6.45) is 7.25.